The van der Waals surface area contributed by atoms with Crippen LogP contribution in [0.1, 0.15) is 68.1 Å². The van der Waals surface area contributed by atoms with Crippen LogP contribution >= 0.6 is 0 Å². The number of nitrogens with one attached hydrogen (secondary N) is 2. The Morgan fingerprint density at radius 3 is 2.60 bits per heavy atom. The molecule has 1 aromatic rings. The van der Waals surface area contributed by atoms with Crippen molar-refractivity contribution in [2.75, 3.05) is 6.54 Å². The minimum absolute atomic E-state index is 0.168. The average molecular weight is 281 g/mol. The van der Waals surface area contributed by atoms with Crippen molar-refractivity contribution in [3.05, 3.63) is 17.5 Å². The fraction of sp³-hybridized carbons (Fsp3) is 0.643. The van der Waals surface area contributed by atoms with Crippen LogP contribution in [-0.4, -0.2) is 33.7 Å². The van der Waals surface area contributed by atoms with Gasteiger partial charge in [-0.3, -0.25) is 14.7 Å². The van der Waals surface area contributed by atoms with Crippen molar-refractivity contribution >= 4 is 11.9 Å². The highest BCUT2D eigenvalue weighted by Crippen LogP contribution is 2.11. The van der Waals surface area contributed by atoms with Gasteiger partial charge in [-0.2, -0.15) is 5.10 Å². The van der Waals surface area contributed by atoms with Gasteiger partial charge in [0, 0.05) is 18.7 Å². The smallest absolute Gasteiger partial charge is 0.303 e. The molecule has 0 atom stereocenters. The number of carbonyl (C=O) groups is 2. The third kappa shape index (κ3) is 5.86. The molecule has 0 fully saturated rings. The Hall–Kier alpha value is -1.85. The zero-order valence-electron chi connectivity index (χ0n) is 12.1. The number of carboxylic acid groups (broad SMARTS) is 1. The van der Waals surface area contributed by atoms with Crippen molar-refractivity contribution < 1.29 is 14.7 Å². The SMILES string of the molecule is CC(C)c1cc(C(=O)NCCCCCCC(=O)O)n[nH]1. The predicted molar refractivity (Wildman–Crippen MR) is 75.7 cm³/mol. The first-order valence-corrected chi connectivity index (χ1v) is 7.06. The predicted octanol–water partition coefficient (Wildman–Crippen LogP) is 2.30. The molecule has 3 N–H and O–H groups in total. The molecule has 20 heavy (non-hydrogen) atoms. The normalized spacial score (nSPS) is 10.8. The Bertz CT molecular complexity index is 441. The summed E-state index contributed by atoms with van der Waals surface area (Å²) in [4.78, 5) is 22.1. The van der Waals surface area contributed by atoms with Gasteiger partial charge in [0.05, 0.1) is 0 Å². The van der Waals surface area contributed by atoms with Gasteiger partial charge >= 0.3 is 5.97 Å². The summed E-state index contributed by atoms with van der Waals surface area (Å²) in [5.74, 6) is -0.602. The Balaban J connectivity index is 2.15. The van der Waals surface area contributed by atoms with Gasteiger partial charge in [0.2, 0.25) is 0 Å². The van der Waals surface area contributed by atoms with E-state index < -0.39 is 5.97 Å². The van der Waals surface area contributed by atoms with E-state index in [-0.39, 0.29) is 12.3 Å². The third-order valence-corrected chi connectivity index (χ3v) is 3.06. The van der Waals surface area contributed by atoms with Gasteiger partial charge in [-0.25, -0.2) is 0 Å². The molecule has 0 aromatic carbocycles. The molecule has 1 heterocycles. The van der Waals surface area contributed by atoms with E-state index in [1.165, 1.54) is 0 Å². The van der Waals surface area contributed by atoms with E-state index in [1.807, 2.05) is 13.8 Å². The summed E-state index contributed by atoms with van der Waals surface area (Å²) >= 11 is 0. The second kappa shape index (κ2) is 8.35. The fourth-order valence-corrected chi connectivity index (χ4v) is 1.80. The number of hydrogen-bond donors (Lipinski definition) is 3. The number of amides is 1. The topological polar surface area (TPSA) is 95.1 Å². The number of nitrogens with zero attached hydrogens (tertiary/aromatic N) is 1. The summed E-state index contributed by atoms with van der Waals surface area (Å²) < 4.78 is 0. The van der Waals surface area contributed by atoms with Crippen LogP contribution in [0.4, 0.5) is 0 Å². The highest BCUT2D eigenvalue weighted by atomic mass is 16.4. The number of aliphatic carboxylic acids is 1. The van der Waals surface area contributed by atoms with Crippen molar-refractivity contribution in [2.24, 2.45) is 0 Å². The maximum Gasteiger partial charge on any atom is 0.303 e. The van der Waals surface area contributed by atoms with E-state index in [0.29, 0.717) is 24.6 Å². The van der Waals surface area contributed by atoms with Crippen molar-refractivity contribution in [3.8, 4) is 0 Å². The lowest BCUT2D eigenvalue weighted by atomic mass is 10.1. The summed E-state index contributed by atoms with van der Waals surface area (Å²) in [6.45, 7) is 4.66. The van der Waals surface area contributed by atoms with Gasteiger partial charge < -0.3 is 10.4 Å². The Morgan fingerprint density at radius 1 is 1.30 bits per heavy atom. The van der Waals surface area contributed by atoms with Crippen molar-refractivity contribution in [2.45, 2.75) is 51.9 Å². The number of aromatic amines is 1. The molecular weight excluding hydrogens is 258 g/mol. The number of unbranched alkanes of at least 4 members (excludes halogenated alkanes) is 3. The molecule has 6 heteroatoms. The van der Waals surface area contributed by atoms with Crippen molar-refractivity contribution in [3.63, 3.8) is 0 Å². The quantitative estimate of drug-likeness (QED) is 0.605. The zero-order valence-corrected chi connectivity index (χ0v) is 12.1. The summed E-state index contributed by atoms with van der Waals surface area (Å²) in [6.07, 6.45) is 3.57. The van der Waals surface area contributed by atoms with Gasteiger partial charge in [0.25, 0.3) is 5.91 Å². The van der Waals surface area contributed by atoms with Crippen LogP contribution in [0, 0.1) is 0 Å². The van der Waals surface area contributed by atoms with Crippen LogP contribution in [0.2, 0.25) is 0 Å². The summed E-state index contributed by atoms with van der Waals surface area (Å²) in [5, 5.41) is 18.1. The summed E-state index contributed by atoms with van der Waals surface area (Å²) in [6, 6.07) is 1.77. The second-order valence-electron chi connectivity index (χ2n) is 5.18. The zero-order chi connectivity index (χ0) is 15.0. The van der Waals surface area contributed by atoms with E-state index in [4.69, 9.17) is 5.11 Å². The molecule has 0 aliphatic heterocycles. The third-order valence-electron chi connectivity index (χ3n) is 3.06. The van der Waals surface area contributed by atoms with Gasteiger partial charge in [-0.1, -0.05) is 26.7 Å². The standard InChI is InChI=1S/C14H23N3O3/c1-10(2)11-9-12(17-16-11)14(20)15-8-6-4-3-5-7-13(18)19/h9-10H,3-8H2,1-2H3,(H,15,20)(H,16,17)(H,18,19). The lowest BCUT2D eigenvalue weighted by Crippen LogP contribution is -2.24. The number of hydrogen-bond acceptors (Lipinski definition) is 3. The van der Waals surface area contributed by atoms with Gasteiger partial charge in [0.1, 0.15) is 5.69 Å². The minimum Gasteiger partial charge on any atom is -0.481 e. The monoisotopic (exact) mass is 281 g/mol. The number of rotatable bonds is 9. The highest BCUT2D eigenvalue weighted by Gasteiger charge is 2.11. The van der Waals surface area contributed by atoms with Crippen LogP contribution < -0.4 is 5.32 Å². The first-order valence-electron chi connectivity index (χ1n) is 7.06. The molecule has 1 amide bonds. The molecule has 0 bridgehead atoms. The van der Waals surface area contributed by atoms with E-state index in [2.05, 4.69) is 15.5 Å². The molecule has 0 spiro atoms. The van der Waals surface area contributed by atoms with Crippen LogP contribution in [-0.2, 0) is 4.79 Å². The van der Waals surface area contributed by atoms with Crippen LogP contribution in [0.15, 0.2) is 6.07 Å². The summed E-state index contributed by atoms with van der Waals surface area (Å²) in [5.41, 5.74) is 1.36. The Morgan fingerprint density at radius 2 is 2.00 bits per heavy atom. The van der Waals surface area contributed by atoms with Crippen LogP contribution in [0.3, 0.4) is 0 Å². The average Bonchev–Trinajstić information content (AvgIpc) is 2.86. The molecule has 112 valence electrons. The number of carbonyl (C=O) groups excluding carboxylic acids is 1. The van der Waals surface area contributed by atoms with Crippen molar-refractivity contribution in [1.82, 2.24) is 15.5 Å². The summed E-state index contributed by atoms with van der Waals surface area (Å²) in [7, 11) is 0. The van der Waals surface area contributed by atoms with Crippen LogP contribution in [0.5, 0.6) is 0 Å². The van der Waals surface area contributed by atoms with Gasteiger partial charge in [-0.15, -0.1) is 0 Å². The molecular formula is C14H23N3O3. The molecule has 0 aliphatic carbocycles. The highest BCUT2D eigenvalue weighted by molar-refractivity contribution is 5.92. The molecule has 0 unspecified atom stereocenters. The number of carboxylic acids is 1. The van der Waals surface area contributed by atoms with Crippen LogP contribution in [0.25, 0.3) is 0 Å². The molecule has 1 aromatic heterocycles. The van der Waals surface area contributed by atoms with Crippen molar-refractivity contribution in [1.29, 1.82) is 0 Å². The maximum atomic E-state index is 11.8. The van der Waals surface area contributed by atoms with E-state index in [9.17, 15) is 9.59 Å². The lowest BCUT2D eigenvalue weighted by molar-refractivity contribution is -0.137. The molecule has 6 nitrogen and oxygen atoms in total. The van der Waals surface area contributed by atoms with E-state index >= 15 is 0 Å². The van der Waals surface area contributed by atoms with E-state index in [0.717, 1.165) is 25.0 Å². The number of aromatic nitrogens is 2. The molecule has 0 saturated heterocycles. The maximum absolute atomic E-state index is 11.8. The second-order valence-corrected chi connectivity index (χ2v) is 5.18. The number of H-pyrrole nitrogens is 1. The van der Waals surface area contributed by atoms with Gasteiger partial charge in [-0.05, 0) is 24.8 Å². The molecule has 0 aliphatic rings. The largest absolute Gasteiger partial charge is 0.481 e. The first-order chi connectivity index (χ1) is 9.50. The molecule has 0 radical (unpaired) electrons. The Kier molecular flexibility index (Phi) is 6.76. The Labute approximate surface area is 119 Å². The minimum atomic E-state index is -0.752. The lowest BCUT2D eigenvalue weighted by Gasteiger charge is -2.02. The molecule has 0 saturated carbocycles. The van der Waals surface area contributed by atoms with E-state index in [1.54, 1.807) is 6.07 Å². The fourth-order valence-electron chi connectivity index (χ4n) is 1.80. The molecule has 1 rings (SSSR count). The van der Waals surface area contributed by atoms with Gasteiger partial charge in [0.15, 0.2) is 0 Å². The first kappa shape index (κ1) is 16.2.